The Morgan fingerprint density at radius 3 is 3.12 bits per heavy atom. The molecular formula is C11H13N3O2. The standard InChI is InChI=1S/C11H13N3O2/c1-7-6-14-3-2-8(5-10(14)13-7)4-9(12)11(15)16/h2-3,5-6,9H,4,12H2,1H3,(H,15,16). The molecule has 2 aromatic heterocycles. The highest BCUT2D eigenvalue weighted by Crippen LogP contribution is 2.09. The minimum Gasteiger partial charge on any atom is -0.480 e. The fraction of sp³-hybridized carbons (Fsp3) is 0.273. The number of carbonyl (C=O) groups is 1. The lowest BCUT2D eigenvalue weighted by Crippen LogP contribution is -2.32. The first kappa shape index (κ1) is 10.6. The minimum atomic E-state index is -0.987. The average molecular weight is 219 g/mol. The second-order valence-electron chi connectivity index (χ2n) is 3.83. The molecule has 16 heavy (non-hydrogen) atoms. The number of imidazole rings is 1. The van der Waals surface area contributed by atoms with Gasteiger partial charge in [0.2, 0.25) is 0 Å². The van der Waals surface area contributed by atoms with Crippen molar-refractivity contribution in [3.63, 3.8) is 0 Å². The van der Waals surface area contributed by atoms with Crippen LogP contribution in [0.2, 0.25) is 0 Å². The molecule has 1 unspecified atom stereocenters. The molecule has 0 aliphatic rings. The molecule has 0 saturated heterocycles. The normalized spacial score (nSPS) is 12.9. The second-order valence-corrected chi connectivity index (χ2v) is 3.83. The van der Waals surface area contributed by atoms with Crippen molar-refractivity contribution in [2.24, 2.45) is 5.73 Å². The summed E-state index contributed by atoms with van der Waals surface area (Å²) in [4.78, 5) is 14.9. The van der Waals surface area contributed by atoms with Crippen molar-refractivity contribution in [3.8, 4) is 0 Å². The number of pyridine rings is 1. The van der Waals surface area contributed by atoms with Gasteiger partial charge in [0.1, 0.15) is 11.7 Å². The van der Waals surface area contributed by atoms with E-state index in [1.807, 2.05) is 35.9 Å². The van der Waals surface area contributed by atoms with E-state index in [9.17, 15) is 4.79 Å². The van der Waals surface area contributed by atoms with Crippen LogP contribution in [0, 0.1) is 6.92 Å². The highest BCUT2D eigenvalue weighted by atomic mass is 16.4. The Labute approximate surface area is 92.5 Å². The number of aliphatic carboxylic acids is 1. The molecule has 0 aromatic carbocycles. The van der Waals surface area contributed by atoms with E-state index in [-0.39, 0.29) is 0 Å². The molecule has 2 aromatic rings. The van der Waals surface area contributed by atoms with Crippen molar-refractivity contribution in [1.29, 1.82) is 0 Å². The van der Waals surface area contributed by atoms with Crippen molar-refractivity contribution in [2.45, 2.75) is 19.4 Å². The topological polar surface area (TPSA) is 80.6 Å². The van der Waals surface area contributed by atoms with E-state index in [0.29, 0.717) is 6.42 Å². The van der Waals surface area contributed by atoms with Crippen molar-refractivity contribution < 1.29 is 9.90 Å². The fourth-order valence-electron chi connectivity index (χ4n) is 1.62. The van der Waals surface area contributed by atoms with Crippen LogP contribution in [0.3, 0.4) is 0 Å². The first-order chi connectivity index (χ1) is 7.56. The third-order valence-electron chi connectivity index (χ3n) is 2.42. The monoisotopic (exact) mass is 219 g/mol. The summed E-state index contributed by atoms with van der Waals surface area (Å²) < 4.78 is 1.89. The van der Waals surface area contributed by atoms with Crippen LogP contribution >= 0.6 is 0 Å². The highest BCUT2D eigenvalue weighted by molar-refractivity contribution is 5.73. The van der Waals surface area contributed by atoms with Crippen LogP contribution in [0.25, 0.3) is 5.65 Å². The van der Waals surface area contributed by atoms with Crippen LogP contribution in [0.5, 0.6) is 0 Å². The number of aromatic nitrogens is 2. The summed E-state index contributed by atoms with van der Waals surface area (Å²) in [6, 6.07) is 2.85. The lowest BCUT2D eigenvalue weighted by atomic mass is 10.1. The van der Waals surface area contributed by atoms with Gasteiger partial charge in [-0.3, -0.25) is 4.79 Å². The smallest absolute Gasteiger partial charge is 0.320 e. The van der Waals surface area contributed by atoms with E-state index in [2.05, 4.69) is 4.98 Å². The molecule has 0 saturated carbocycles. The van der Waals surface area contributed by atoms with Gasteiger partial charge in [-0.25, -0.2) is 4.98 Å². The Hall–Kier alpha value is -1.88. The fourth-order valence-corrected chi connectivity index (χ4v) is 1.62. The number of hydrogen-bond acceptors (Lipinski definition) is 3. The van der Waals surface area contributed by atoms with E-state index < -0.39 is 12.0 Å². The number of rotatable bonds is 3. The number of carboxylic acids is 1. The number of fused-ring (bicyclic) bond motifs is 1. The van der Waals surface area contributed by atoms with E-state index >= 15 is 0 Å². The van der Waals surface area contributed by atoms with E-state index in [1.54, 1.807) is 0 Å². The van der Waals surface area contributed by atoms with E-state index in [0.717, 1.165) is 16.9 Å². The van der Waals surface area contributed by atoms with Crippen LogP contribution in [0.15, 0.2) is 24.5 Å². The molecule has 0 fully saturated rings. The summed E-state index contributed by atoms with van der Waals surface area (Å²) in [7, 11) is 0. The van der Waals surface area contributed by atoms with Gasteiger partial charge in [0.05, 0.1) is 5.69 Å². The molecule has 1 atom stereocenters. The zero-order valence-corrected chi connectivity index (χ0v) is 8.92. The molecule has 2 rings (SSSR count). The van der Waals surface area contributed by atoms with Gasteiger partial charge in [-0.05, 0) is 31.0 Å². The van der Waals surface area contributed by atoms with Gasteiger partial charge in [-0.1, -0.05) is 0 Å². The Kier molecular flexibility index (Phi) is 2.62. The first-order valence-electron chi connectivity index (χ1n) is 4.99. The average Bonchev–Trinajstić information content (AvgIpc) is 2.57. The van der Waals surface area contributed by atoms with Crippen LogP contribution < -0.4 is 5.73 Å². The number of aryl methyl sites for hydroxylation is 1. The van der Waals surface area contributed by atoms with Gasteiger partial charge in [0.25, 0.3) is 0 Å². The maximum absolute atomic E-state index is 10.6. The van der Waals surface area contributed by atoms with Gasteiger partial charge in [-0.15, -0.1) is 0 Å². The second kappa shape index (κ2) is 3.94. The van der Waals surface area contributed by atoms with Gasteiger partial charge in [0.15, 0.2) is 0 Å². The molecule has 0 aliphatic heterocycles. The largest absolute Gasteiger partial charge is 0.480 e. The number of nitrogens with zero attached hydrogens (tertiary/aromatic N) is 2. The number of carboxylic acid groups (broad SMARTS) is 1. The Morgan fingerprint density at radius 2 is 2.44 bits per heavy atom. The quantitative estimate of drug-likeness (QED) is 0.792. The zero-order chi connectivity index (χ0) is 11.7. The lowest BCUT2D eigenvalue weighted by molar-refractivity contribution is -0.138. The minimum absolute atomic E-state index is 0.317. The number of hydrogen-bond donors (Lipinski definition) is 2. The molecule has 2 heterocycles. The number of nitrogens with two attached hydrogens (primary N) is 1. The molecule has 0 amide bonds. The van der Waals surface area contributed by atoms with Gasteiger partial charge < -0.3 is 15.2 Å². The summed E-state index contributed by atoms with van der Waals surface area (Å²) in [6.07, 6.45) is 4.09. The van der Waals surface area contributed by atoms with Crippen LogP contribution in [-0.4, -0.2) is 26.5 Å². The molecule has 0 aliphatic carbocycles. The first-order valence-corrected chi connectivity index (χ1v) is 4.99. The lowest BCUT2D eigenvalue weighted by Gasteiger charge is -2.06. The summed E-state index contributed by atoms with van der Waals surface area (Å²) >= 11 is 0. The third-order valence-corrected chi connectivity index (χ3v) is 2.42. The maximum Gasteiger partial charge on any atom is 0.320 e. The summed E-state index contributed by atoms with van der Waals surface area (Å²) in [5.41, 5.74) is 8.10. The molecule has 3 N–H and O–H groups in total. The summed E-state index contributed by atoms with van der Waals surface area (Å²) in [6.45, 7) is 1.91. The summed E-state index contributed by atoms with van der Waals surface area (Å²) in [5, 5.41) is 8.71. The molecule has 5 nitrogen and oxygen atoms in total. The van der Waals surface area contributed by atoms with Gasteiger partial charge in [-0.2, -0.15) is 0 Å². The zero-order valence-electron chi connectivity index (χ0n) is 8.92. The predicted octanol–water partition coefficient (Wildman–Crippen LogP) is 0.597. The Morgan fingerprint density at radius 1 is 1.69 bits per heavy atom. The van der Waals surface area contributed by atoms with Crippen LogP contribution in [-0.2, 0) is 11.2 Å². The third kappa shape index (κ3) is 2.04. The molecule has 84 valence electrons. The summed E-state index contributed by atoms with van der Waals surface area (Å²) in [5.74, 6) is -0.987. The Balaban J connectivity index is 2.28. The van der Waals surface area contributed by atoms with Crippen molar-refractivity contribution >= 4 is 11.6 Å². The van der Waals surface area contributed by atoms with Crippen molar-refractivity contribution in [2.75, 3.05) is 0 Å². The molecule has 5 heteroatoms. The maximum atomic E-state index is 10.6. The van der Waals surface area contributed by atoms with E-state index in [4.69, 9.17) is 10.8 Å². The molecule has 0 radical (unpaired) electrons. The van der Waals surface area contributed by atoms with Gasteiger partial charge in [0, 0.05) is 12.4 Å². The van der Waals surface area contributed by atoms with Crippen LogP contribution in [0.4, 0.5) is 0 Å². The van der Waals surface area contributed by atoms with Crippen molar-refractivity contribution in [3.05, 3.63) is 35.8 Å². The van der Waals surface area contributed by atoms with Gasteiger partial charge >= 0.3 is 5.97 Å². The molecular weight excluding hydrogens is 206 g/mol. The van der Waals surface area contributed by atoms with Crippen LogP contribution in [0.1, 0.15) is 11.3 Å². The molecule has 0 bridgehead atoms. The molecule has 0 spiro atoms. The SMILES string of the molecule is Cc1cn2ccc(CC(N)C(=O)O)cc2n1. The Bertz CT molecular complexity index is 533. The van der Waals surface area contributed by atoms with E-state index in [1.165, 1.54) is 0 Å². The van der Waals surface area contributed by atoms with Crippen molar-refractivity contribution in [1.82, 2.24) is 9.38 Å². The predicted molar refractivity (Wildman–Crippen MR) is 59.2 cm³/mol. The highest BCUT2D eigenvalue weighted by Gasteiger charge is 2.12.